The third kappa shape index (κ3) is 6.48. The summed E-state index contributed by atoms with van der Waals surface area (Å²) in [6.45, 7) is 10.9. The summed E-state index contributed by atoms with van der Waals surface area (Å²) in [5.74, 6) is -0.646. The molecule has 2 fully saturated rings. The van der Waals surface area contributed by atoms with Crippen molar-refractivity contribution in [1.29, 1.82) is 0 Å². The number of carboxylic acid groups (broad SMARTS) is 1. The number of aliphatic carboxylic acids is 1. The molecule has 10 nitrogen and oxygen atoms in total. The van der Waals surface area contributed by atoms with Crippen molar-refractivity contribution in [2.45, 2.75) is 64.2 Å². The fraction of sp³-hybridized carbons (Fsp3) is 0.421. The molecule has 2 aliphatic heterocycles. The highest BCUT2D eigenvalue weighted by Crippen LogP contribution is 2.45. The van der Waals surface area contributed by atoms with Gasteiger partial charge in [0.2, 0.25) is 0 Å². The predicted molar refractivity (Wildman–Crippen MR) is 197 cm³/mol. The van der Waals surface area contributed by atoms with Gasteiger partial charge >= 0.3 is 12.1 Å². The van der Waals surface area contributed by atoms with Crippen LogP contribution in [0.5, 0.6) is 0 Å². The van der Waals surface area contributed by atoms with Gasteiger partial charge in [-0.2, -0.15) is 0 Å². The van der Waals surface area contributed by atoms with Gasteiger partial charge in [-0.3, -0.25) is 4.90 Å². The number of benzene rings is 2. The quantitative estimate of drug-likeness (QED) is 0.180. The molecule has 0 radical (unpaired) electrons. The van der Waals surface area contributed by atoms with E-state index in [1.165, 1.54) is 24.0 Å². The van der Waals surface area contributed by atoms with E-state index in [1.54, 1.807) is 4.90 Å². The van der Waals surface area contributed by atoms with Crippen molar-refractivity contribution < 1.29 is 24.2 Å². The van der Waals surface area contributed by atoms with Crippen molar-refractivity contribution in [2.24, 2.45) is 7.05 Å². The number of pyridine rings is 1. The number of carbonyl (C=O) groups excluding carboxylic acids is 1. The van der Waals surface area contributed by atoms with Gasteiger partial charge in [-0.25, -0.2) is 19.6 Å². The van der Waals surface area contributed by atoms with Gasteiger partial charge < -0.3 is 24.0 Å². The summed E-state index contributed by atoms with van der Waals surface area (Å²) in [5, 5.41) is 13.0. The Morgan fingerprint density at radius 1 is 1.08 bits per heavy atom. The third-order valence-corrected chi connectivity index (χ3v) is 11.3. The smallest absolute Gasteiger partial charge is 0.409 e. The molecule has 5 heterocycles. The SMILES string of the molecule is COC(=O)N1CC(N2CCC(c3cn(C)c4ncc(-c5nc6cc(C)c([C@H](OC(C)(C)C)C(=O)O)c(-c7ccc(Cl)cc7)c6s5)cc34)CC2)C1. The summed E-state index contributed by atoms with van der Waals surface area (Å²) >= 11 is 7.82. The minimum Gasteiger partial charge on any atom is -0.479 e. The highest BCUT2D eigenvalue weighted by molar-refractivity contribution is 7.22. The van der Waals surface area contributed by atoms with E-state index in [4.69, 9.17) is 31.0 Å². The Labute approximate surface area is 300 Å². The first-order valence-electron chi connectivity index (χ1n) is 16.9. The number of halogens is 1. The molecule has 0 bridgehead atoms. The molecule has 1 N–H and O–H groups in total. The second kappa shape index (κ2) is 13.3. The Kier molecular flexibility index (Phi) is 9.13. The summed E-state index contributed by atoms with van der Waals surface area (Å²) < 4.78 is 14.0. The van der Waals surface area contributed by atoms with E-state index < -0.39 is 17.7 Å². The molecule has 262 valence electrons. The number of hydrogen-bond acceptors (Lipinski definition) is 8. The first kappa shape index (κ1) is 34.4. The van der Waals surface area contributed by atoms with Crippen LogP contribution in [0.2, 0.25) is 5.02 Å². The largest absolute Gasteiger partial charge is 0.479 e. The van der Waals surface area contributed by atoms with Crippen LogP contribution in [-0.4, -0.2) is 86.4 Å². The molecule has 0 unspecified atom stereocenters. The molecule has 50 heavy (non-hydrogen) atoms. The van der Waals surface area contributed by atoms with Crippen LogP contribution in [0, 0.1) is 6.92 Å². The number of likely N-dealkylation sites (tertiary alicyclic amines) is 2. The molecule has 0 spiro atoms. The Morgan fingerprint density at radius 3 is 2.42 bits per heavy atom. The molecule has 3 aromatic heterocycles. The van der Waals surface area contributed by atoms with Crippen molar-refractivity contribution in [3.05, 3.63) is 70.5 Å². The van der Waals surface area contributed by atoms with E-state index in [-0.39, 0.29) is 6.09 Å². The van der Waals surface area contributed by atoms with Crippen LogP contribution in [0.1, 0.15) is 62.3 Å². The van der Waals surface area contributed by atoms with E-state index in [0.29, 0.717) is 22.5 Å². The summed E-state index contributed by atoms with van der Waals surface area (Å²) in [7, 11) is 3.47. The van der Waals surface area contributed by atoms with Gasteiger partial charge in [0.25, 0.3) is 0 Å². The lowest BCUT2D eigenvalue weighted by Crippen LogP contribution is -2.62. The normalized spacial score (nSPS) is 17.0. The van der Waals surface area contributed by atoms with Gasteiger partial charge in [-0.1, -0.05) is 23.7 Å². The number of piperidine rings is 1. The molecule has 0 aliphatic carbocycles. The van der Waals surface area contributed by atoms with Crippen LogP contribution in [0.3, 0.4) is 0 Å². The number of ether oxygens (including phenoxy) is 2. The van der Waals surface area contributed by atoms with E-state index in [0.717, 1.165) is 87.5 Å². The molecule has 12 heteroatoms. The minimum absolute atomic E-state index is 0.251. The minimum atomic E-state index is -1.18. The van der Waals surface area contributed by atoms with Crippen LogP contribution >= 0.6 is 22.9 Å². The van der Waals surface area contributed by atoms with E-state index in [1.807, 2.05) is 71.3 Å². The van der Waals surface area contributed by atoms with Gasteiger partial charge in [-0.15, -0.1) is 11.3 Å². The van der Waals surface area contributed by atoms with Crippen molar-refractivity contribution in [1.82, 2.24) is 24.3 Å². The number of rotatable bonds is 7. The number of nitrogens with zero attached hydrogens (tertiary/aromatic N) is 5. The molecule has 1 amide bonds. The fourth-order valence-corrected chi connectivity index (χ4v) is 8.67. The number of methoxy groups -OCH3 is 1. The summed E-state index contributed by atoms with van der Waals surface area (Å²) in [6, 6.07) is 12.0. The standard InChI is InChI=1S/C38H42ClN5O5S/c1-21-15-29-33(31(23-7-9-25(39)10-8-23)30(21)32(36(45)46)49-38(2,3)4)50-35(41-29)24-16-27-28(20-42(5)34(27)40-17-24)22-11-13-43(14-12-22)26-18-44(19-26)37(47)48-6/h7-10,15-17,20,22,26,32H,11-14,18-19H2,1-6H3,(H,45,46)/t32-/m0/s1. The topological polar surface area (TPSA) is 110 Å². The lowest BCUT2D eigenvalue weighted by atomic mass is 9.88. The third-order valence-electron chi connectivity index (χ3n) is 9.89. The molecule has 2 saturated heterocycles. The number of carbonyl (C=O) groups is 2. The second-order valence-electron chi connectivity index (χ2n) is 14.4. The van der Waals surface area contributed by atoms with Gasteiger partial charge in [0.15, 0.2) is 6.10 Å². The lowest BCUT2D eigenvalue weighted by molar-refractivity contribution is -0.160. The Balaban J connectivity index is 1.25. The molecule has 5 aromatic rings. The molecule has 7 rings (SSSR count). The Morgan fingerprint density at radius 2 is 1.78 bits per heavy atom. The maximum Gasteiger partial charge on any atom is 0.409 e. The molecule has 0 saturated carbocycles. The zero-order valence-electron chi connectivity index (χ0n) is 29.2. The summed E-state index contributed by atoms with van der Waals surface area (Å²) in [6.07, 6.45) is 4.74. The Hall–Kier alpha value is -4.03. The van der Waals surface area contributed by atoms with Crippen LogP contribution in [0.15, 0.2) is 48.8 Å². The number of thiazole rings is 1. The zero-order valence-corrected chi connectivity index (χ0v) is 30.8. The van der Waals surface area contributed by atoms with Crippen molar-refractivity contribution in [2.75, 3.05) is 33.3 Å². The average Bonchev–Trinajstić information content (AvgIpc) is 3.63. The molecule has 1 atom stereocenters. The zero-order chi connectivity index (χ0) is 35.5. The Bertz CT molecular complexity index is 2090. The second-order valence-corrected chi connectivity index (χ2v) is 15.9. The lowest BCUT2D eigenvalue weighted by Gasteiger charge is -2.46. The number of aromatic nitrogens is 3. The van der Waals surface area contributed by atoms with Crippen LogP contribution in [0.4, 0.5) is 4.79 Å². The predicted octanol–water partition coefficient (Wildman–Crippen LogP) is 8.05. The summed E-state index contributed by atoms with van der Waals surface area (Å²) in [5.41, 5.74) is 6.30. The average molecular weight is 716 g/mol. The van der Waals surface area contributed by atoms with Gasteiger partial charge in [0.1, 0.15) is 10.7 Å². The highest BCUT2D eigenvalue weighted by atomic mass is 35.5. The summed E-state index contributed by atoms with van der Waals surface area (Å²) in [4.78, 5) is 38.9. The van der Waals surface area contributed by atoms with Crippen LogP contribution in [0.25, 0.3) is 42.9 Å². The van der Waals surface area contributed by atoms with E-state index >= 15 is 0 Å². The maximum absolute atomic E-state index is 12.7. The van der Waals surface area contributed by atoms with Crippen molar-refractivity contribution >= 4 is 56.3 Å². The molecule has 2 aliphatic rings. The highest BCUT2D eigenvalue weighted by Gasteiger charge is 2.37. The maximum atomic E-state index is 12.7. The molecular formula is C38H42ClN5O5S. The van der Waals surface area contributed by atoms with E-state index in [2.05, 4.69) is 21.7 Å². The van der Waals surface area contributed by atoms with E-state index in [9.17, 15) is 14.7 Å². The monoisotopic (exact) mass is 715 g/mol. The first-order valence-corrected chi connectivity index (χ1v) is 18.1. The number of aryl methyl sites for hydroxylation is 2. The molecular weight excluding hydrogens is 674 g/mol. The van der Waals surface area contributed by atoms with Crippen molar-refractivity contribution in [3.8, 4) is 21.7 Å². The van der Waals surface area contributed by atoms with Crippen LogP contribution in [-0.2, 0) is 21.3 Å². The first-order chi connectivity index (χ1) is 23.8. The van der Waals surface area contributed by atoms with Crippen LogP contribution < -0.4 is 0 Å². The van der Waals surface area contributed by atoms with Gasteiger partial charge in [-0.05, 0) is 100 Å². The fourth-order valence-electron chi connectivity index (χ4n) is 7.43. The molecule has 2 aromatic carbocycles. The number of hydrogen-bond donors (Lipinski definition) is 1. The van der Waals surface area contributed by atoms with Gasteiger partial charge in [0, 0.05) is 65.7 Å². The van der Waals surface area contributed by atoms with Crippen molar-refractivity contribution in [3.63, 3.8) is 0 Å². The number of amides is 1. The number of fused-ring (bicyclic) bond motifs is 2. The number of carboxylic acids is 1. The van der Waals surface area contributed by atoms with Gasteiger partial charge in [0.05, 0.1) is 22.9 Å².